The number of anilines is 2. The molecular formula is C28H27ClN4O4S2. The molecule has 11 heteroatoms. The van der Waals surface area contributed by atoms with Crippen LogP contribution in [0.1, 0.15) is 30.0 Å². The number of halogens is 1. The van der Waals surface area contributed by atoms with Gasteiger partial charge in [-0.3, -0.25) is 14.5 Å². The van der Waals surface area contributed by atoms with Gasteiger partial charge in [0.15, 0.2) is 11.0 Å². The number of amides is 1. The molecule has 0 atom stereocenters. The lowest BCUT2D eigenvalue weighted by Crippen LogP contribution is -2.29. The van der Waals surface area contributed by atoms with Crippen LogP contribution >= 0.6 is 35.1 Å². The molecule has 1 amide bonds. The van der Waals surface area contributed by atoms with Crippen LogP contribution in [0.15, 0.2) is 79.0 Å². The third-order valence-corrected chi connectivity index (χ3v) is 8.67. The second-order valence-electron chi connectivity index (χ2n) is 8.75. The summed E-state index contributed by atoms with van der Waals surface area (Å²) in [7, 11) is 1.94. The SMILES string of the molecule is CCNc1ccc(C(C)=O)cc1N=C1S/C(=C2\Sc3ccc(OCCCl)cc3N2C)C(=O)N1Cc1ccco1. The van der Waals surface area contributed by atoms with Crippen molar-refractivity contribution in [2.45, 2.75) is 25.3 Å². The van der Waals surface area contributed by atoms with Crippen molar-refractivity contribution in [3.63, 3.8) is 0 Å². The number of carbonyl (C=O) groups is 2. The van der Waals surface area contributed by atoms with E-state index in [2.05, 4.69) is 5.32 Å². The van der Waals surface area contributed by atoms with Crippen LogP contribution in [0.5, 0.6) is 5.75 Å². The summed E-state index contributed by atoms with van der Waals surface area (Å²) >= 11 is 8.63. The Kier molecular flexibility index (Phi) is 8.25. The zero-order valence-corrected chi connectivity index (χ0v) is 24.1. The highest BCUT2D eigenvalue weighted by atomic mass is 35.5. The van der Waals surface area contributed by atoms with Gasteiger partial charge < -0.3 is 19.4 Å². The van der Waals surface area contributed by atoms with Crippen LogP contribution in [-0.4, -0.2) is 47.8 Å². The van der Waals surface area contributed by atoms with E-state index in [-0.39, 0.29) is 18.2 Å². The summed E-state index contributed by atoms with van der Waals surface area (Å²) in [5, 5.41) is 4.62. The number of aliphatic imine (C=N–C) groups is 1. The van der Waals surface area contributed by atoms with E-state index >= 15 is 0 Å². The number of amidine groups is 1. The van der Waals surface area contributed by atoms with Crippen LogP contribution in [0.25, 0.3) is 0 Å². The van der Waals surface area contributed by atoms with Gasteiger partial charge in [-0.25, -0.2) is 4.99 Å². The van der Waals surface area contributed by atoms with E-state index in [4.69, 9.17) is 25.7 Å². The lowest BCUT2D eigenvalue weighted by molar-refractivity contribution is -0.122. The number of carbonyl (C=O) groups excluding carboxylic acids is 2. The number of benzene rings is 2. The van der Waals surface area contributed by atoms with E-state index in [1.165, 1.54) is 30.4 Å². The third-order valence-electron chi connectivity index (χ3n) is 6.09. The van der Waals surface area contributed by atoms with E-state index in [9.17, 15) is 9.59 Å². The Morgan fingerprint density at radius 2 is 2.03 bits per heavy atom. The predicted molar refractivity (Wildman–Crippen MR) is 158 cm³/mol. The lowest BCUT2D eigenvalue weighted by Gasteiger charge is -2.16. The first kappa shape index (κ1) is 27.2. The summed E-state index contributed by atoms with van der Waals surface area (Å²) in [6.07, 6.45) is 1.58. The van der Waals surface area contributed by atoms with Gasteiger partial charge in [0.1, 0.15) is 23.0 Å². The largest absolute Gasteiger partial charge is 0.492 e. The van der Waals surface area contributed by atoms with Gasteiger partial charge in [-0.15, -0.1) is 11.6 Å². The number of nitrogens with one attached hydrogen (secondary N) is 1. The molecule has 2 aliphatic heterocycles. The average molecular weight is 583 g/mol. The standard InChI is InChI=1S/C28H27ClN4O4S2/c1-4-30-21-9-7-18(17(2)34)14-22(21)31-28-33(16-20-6-5-12-36-20)26(35)25(39-28)27-32(3)23-15-19(37-13-11-29)8-10-24(23)38-27/h5-10,12,14-15,30H,4,11,13,16H2,1-3H3/b27-25-,31-28?. The molecule has 2 aromatic carbocycles. The van der Waals surface area contributed by atoms with Crippen molar-refractivity contribution >= 4 is 69.0 Å². The van der Waals surface area contributed by atoms with Gasteiger partial charge in [-0.1, -0.05) is 11.8 Å². The van der Waals surface area contributed by atoms with Crippen molar-refractivity contribution < 1.29 is 18.7 Å². The van der Waals surface area contributed by atoms with E-state index in [0.717, 1.165) is 27.0 Å². The van der Waals surface area contributed by atoms with Crippen LogP contribution < -0.4 is 15.0 Å². The Labute approximate surface area is 240 Å². The molecule has 5 rings (SSSR count). The van der Waals surface area contributed by atoms with Crippen molar-refractivity contribution in [2.75, 3.05) is 36.3 Å². The van der Waals surface area contributed by atoms with E-state index < -0.39 is 0 Å². The molecule has 1 fully saturated rings. The highest BCUT2D eigenvalue weighted by Crippen LogP contribution is 2.51. The minimum atomic E-state index is -0.163. The molecule has 0 saturated carbocycles. The van der Waals surface area contributed by atoms with Crippen molar-refractivity contribution in [1.29, 1.82) is 0 Å². The normalized spacial score (nSPS) is 17.7. The van der Waals surface area contributed by atoms with E-state index in [1.807, 2.05) is 49.2 Å². The van der Waals surface area contributed by atoms with Crippen LogP contribution in [0.3, 0.4) is 0 Å². The number of hydrogen-bond acceptors (Lipinski definition) is 9. The first-order valence-corrected chi connectivity index (χ1v) is 14.5. The zero-order valence-electron chi connectivity index (χ0n) is 21.7. The molecule has 1 saturated heterocycles. The Hall–Kier alpha value is -3.34. The van der Waals surface area contributed by atoms with Gasteiger partial charge in [0.05, 0.1) is 40.8 Å². The van der Waals surface area contributed by atoms with Gasteiger partial charge in [0.25, 0.3) is 5.91 Å². The maximum atomic E-state index is 13.9. The van der Waals surface area contributed by atoms with Crippen molar-refractivity contribution in [3.8, 4) is 5.75 Å². The molecule has 0 spiro atoms. The first-order valence-electron chi connectivity index (χ1n) is 12.4. The summed E-state index contributed by atoms with van der Waals surface area (Å²) < 4.78 is 11.3. The Bertz CT molecular complexity index is 1470. The number of rotatable bonds is 9. The molecule has 8 nitrogen and oxygen atoms in total. The number of fused-ring (bicyclic) bond motifs is 1. The first-order chi connectivity index (χ1) is 18.9. The monoisotopic (exact) mass is 582 g/mol. The molecular weight excluding hydrogens is 556 g/mol. The van der Waals surface area contributed by atoms with Crippen LogP contribution in [0, 0.1) is 0 Å². The molecule has 3 heterocycles. The Morgan fingerprint density at radius 1 is 1.18 bits per heavy atom. The number of thioether (sulfide) groups is 2. The number of ether oxygens (including phenoxy) is 1. The van der Waals surface area contributed by atoms with Crippen LogP contribution in [0.4, 0.5) is 17.1 Å². The number of nitrogens with zero attached hydrogens (tertiary/aromatic N) is 3. The highest BCUT2D eigenvalue weighted by molar-refractivity contribution is 8.19. The molecule has 0 radical (unpaired) electrons. The van der Waals surface area contributed by atoms with Gasteiger partial charge in [0.2, 0.25) is 0 Å². The predicted octanol–water partition coefficient (Wildman–Crippen LogP) is 6.71. The molecule has 39 heavy (non-hydrogen) atoms. The van der Waals surface area contributed by atoms with Crippen molar-refractivity contribution in [3.05, 3.63) is 76.1 Å². The smallest absolute Gasteiger partial charge is 0.269 e. The maximum Gasteiger partial charge on any atom is 0.269 e. The van der Waals surface area contributed by atoms with Crippen LogP contribution in [0.2, 0.25) is 0 Å². The van der Waals surface area contributed by atoms with Gasteiger partial charge in [0, 0.05) is 30.1 Å². The highest BCUT2D eigenvalue weighted by Gasteiger charge is 2.40. The quantitative estimate of drug-likeness (QED) is 0.169. The third kappa shape index (κ3) is 5.68. The molecule has 3 aromatic rings. The lowest BCUT2D eigenvalue weighted by atomic mass is 10.1. The van der Waals surface area contributed by atoms with Crippen LogP contribution in [-0.2, 0) is 11.3 Å². The Balaban J connectivity index is 1.55. The summed E-state index contributed by atoms with van der Waals surface area (Å²) in [5.41, 5.74) is 2.88. The van der Waals surface area contributed by atoms with Gasteiger partial charge >= 0.3 is 0 Å². The number of ketones is 1. The van der Waals surface area contributed by atoms with Crippen molar-refractivity contribution in [2.24, 2.45) is 4.99 Å². The fraction of sp³-hybridized carbons (Fsp3) is 0.250. The second-order valence-corrected chi connectivity index (χ2v) is 11.1. The summed E-state index contributed by atoms with van der Waals surface area (Å²) in [6.45, 7) is 4.85. The van der Waals surface area contributed by atoms with E-state index in [1.54, 1.807) is 29.4 Å². The summed E-state index contributed by atoms with van der Waals surface area (Å²) in [6, 6.07) is 14.8. The van der Waals surface area contributed by atoms with Gasteiger partial charge in [-0.05, 0) is 68.1 Å². The molecule has 0 aliphatic carbocycles. The minimum Gasteiger partial charge on any atom is -0.492 e. The molecule has 1 aromatic heterocycles. The number of Topliss-reactive ketones (excluding diaryl/α,β-unsaturated/α-hetero) is 1. The van der Waals surface area contributed by atoms with Gasteiger partial charge in [-0.2, -0.15) is 0 Å². The zero-order chi connectivity index (χ0) is 27.5. The topological polar surface area (TPSA) is 87.4 Å². The minimum absolute atomic E-state index is 0.0546. The number of alkyl halides is 1. The molecule has 0 bridgehead atoms. The fourth-order valence-electron chi connectivity index (χ4n) is 4.17. The molecule has 1 N–H and O–H groups in total. The number of hydrogen-bond donors (Lipinski definition) is 1. The summed E-state index contributed by atoms with van der Waals surface area (Å²) in [5.74, 6) is 1.55. The Morgan fingerprint density at radius 3 is 2.74 bits per heavy atom. The molecule has 2 aliphatic rings. The van der Waals surface area contributed by atoms with E-state index in [0.29, 0.717) is 46.1 Å². The second kappa shape index (κ2) is 11.8. The maximum absolute atomic E-state index is 13.9. The van der Waals surface area contributed by atoms with Crippen molar-refractivity contribution in [1.82, 2.24) is 4.90 Å². The number of furan rings is 1. The average Bonchev–Trinajstić information content (AvgIpc) is 3.63. The fourth-order valence-corrected chi connectivity index (χ4v) is 6.57. The molecule has 202 valence electrons. The summed E-state index contributed by atoms with van der Waals surface area (Å²) in [4.78, 5) is 36.1. The molecule has 0 unspecified atom stereocenters.